The van der Waals surface area contributed by atoms with Gasteiger partial charge in [0, 0.05) is 6.61 Å². The van der Waals surface area contributed by atoms with Crippen LogP contribution in [0, 0.1) is 11.3 Å². The van der Waals surface area contributed by atoms with Gasteiger partial charge in [-0.1, -0.05) is 26.3 Å². The zero-order valence-corrected chi connectivity index (χ0v) is 11.9. The van der Waals surface area contributed by atoms with Gasteiger partial charge in [-0.25, -0.2) is 0 Å². The van der Waals surface area contributed by atoms with Crippen LogP contribution in [0.15, 0.2) is 18.2 Å². The second kappa shape index (κ2) is 4.24. The topological polar surface area (TPSA) is 40.5 Å². The molecule has 0 saturated heterocycles. The zero-order valence-electron chi connectivity index (χ0n) is 11.9. The predicted octanol–water partition coefficient (Wildman–Crippen LogP) is 3.39. The molecule has 0 amide bonds. The van der Waals surface area contributed by atoms with E-state index in [4.69, 9.17) is 0 Å². The number of hydrogen-bond acceptors (Lipinski definition) is 2. The quantitative estimate of drug-likeness (QED) is 0.812. The van der Waals surface area contributed by atoms with Gasteiger partial charge in [0.15, 0.2) is 0 Å². The fraction of sp³-hybridized carbons (Fsp3) is 0.647. The van der Waals surface area contributed by atoms with E-state index in [1.54, 1.807) is 6.07 Å². The van der Waals surface area contributed by atoms with Gasteiger partial charge in [0.2, 0.25) is 0 Å². The molecular weight excluding hydrogens is 236 g/mol. The van der Waals surface area contributed by atoms with E-state index in [-0.39, 0.29) is 17.4 Å². The Morgan fingerprint density at radius 1 is 1.26 bits per heavy atom. The monoisotopic (exact) mass is 260 g/mol. The molecule has 0 radical (unpaired) electrons. The van der Waals surface area contributed by atoms with E-state index in [9.17, 15) is 10.2 Å². The Morgan fingerprint density at radius 3 is 2.79 bits per heavy atom. The van der Waals surface area contributed by atoms with Crippen molar-refractivity contribution in [3.8, 4) is 5.75 Å². The lowest BCUT2D eigenvalue weighted by atomic mass is 9.50. The van der Waals surface area contributed by atoms with Gasteiger partial charge in [-0.15, -0.1) is 0 Å². The van der Waals surface area contributed by atoms with Crippen LogP contribution in [-0.2, 0) is 11.8 Å². The summed E-state index contributed by atoms with van der Waals surface area (Å²) in [5.74, 6) is 0.893. The van der Waals surface area contributed by atoms with E-state index in [0.29, 0.717) is 11.7 Å². The Morgan fingerprint density at radius 2 is 2.05 bits per heavy atom. The lowest BCUT2D eigenvalue weighted by Crippen LogP contribution is -2.50. The molecule has 3 unspecified atom stereocenters. The average molecular weight is 260 g/mol. The van der Waals surface area contributed by atoms with Crippen molar-refractivity contribution in [1.82, 2.24) is 0 Å². The third-order valence-corrected chi connectivity index (χ3v) is 5.83. The first-order chi connectivity index (χ1) is 8.99. The molecule has 0 aliphatic heterocycles. The Bertz CT molecular complexity index is 496. The van der Waals surface area contributed by atoms with Gasteiger partial charge in [0.05, 0.1) is 0 Å². The van der Waals surface area contributed by atoms with Crippen molar-refractivity contribution < 1.29 is 10.2 Å². The highest BCUT2D eigenvalue weighted by atomic mass is 16.3. The van der Waals surface area contributed by atoms with Crippen molar-refractivity contribution in [2.75, 3.05) is 6.61 Å². The molecule has 1 saturated carbocycles. The maximum absolute atomic E-state index is 9.86. The van der Waals surface area contributed by atoms with E-state index in [1.165, 1.54) is 24.0 Å². The molecule has 19 heavy (non-hydrogen) atoms. The second-order valence-corrected chi connectivity index (χ2v) is 7.02. The molecule has 1 fully saturated rings. The summed E-state index contributed by atoms with van der Waals surface area (Å²) in [5, 5.41) is 19.7. The van der Waals surface area contributed by atoms with Crippen molar-refractivity contribution in [2.24, 2.45) is 11.3 Å². The zero-order chi connectivity index (χ0) is 13.7. The molecule has 0 aromatic heterocycles. The normalized spacial score (nSPS) is 37.5. The van der Waals surface area contributed by atoms with E-state index in [0.717, 1.165) is 19.3 Å². The first-order valence-corrected chi connectivity index (χ1v) is 7.43. The van der Waals surface area contributed by atoms with Crippen LogP contribution in [0.4, 0.5) is 0 Å². The summed E-state index contributed by atoms with van der Waals surface area (Å²) < 4.78 is 0. The number of rotatable bonds is 1. The number of aryl methyl sites for hydroxylation is 1. The summed E-state index contributed by atoms with van der Waals surface area (Å²) in [4.78, 5) is 0. The maximum Gasteiger partial charge on any atom is 0.115 e. The van der Waals surface area contributed by atoms with Crippen LogP contribution >= 0.6 is 0 Å². The highest BCUT2D eigenvalue weighted by Gasteiger charge is 2.51. The van der Waals surface area contributed by atoms with E-state index < -0.39 is 0 Å². The predicted molar refractivity (Wildman–Crippen MR) is 76.3 cm³/mol. The molecule has 2 heteroatoms. The Hall–Kier alpha value is -1.02. The molecule has 0 heterocycles. The Kier molecular flexibility index (Phi) is 2.90. The van der Waals surface area contributed by atoms with Gasteiger partial charge in [-0.3, -0.25) is 0 Å². The number of aliphatic hydroxyl groups excluding tert-OH is 1. The number of phenolic OH excluding ortho intramolecular Hbond substituents is 1. The highest BCUT2D eigenvalue weighted by molar-refractivity contribution is 5.43. The summed E-state index contributed by atoms with van der Waals surface area (Å²) in [6.45, 7) is 4.85. The number of hydrogen-bond donors (Lipinski definition) is 2. The lowest BCUT2D eigenvalue weighted by Gasteiger charge is -2.55. The third kappa shape index (κ3) is 1.80. The van der Waals surface area contributed by atoms with Crippen LogP contribution in [-0.4, -0.2) is 16.8 Å². The van der Waals surface area contributed by atoms with Gasteiger partial charge in [-0.05, 0) is 65.7 Å². The minimum absolute atomic E-state index is 0.0378. The minimum atomic E-state index is 0.0378. The molecule has 2 nitrogen and oxygen atoms in total. The van der Waals surface area contributed by atoms with Crippen LogP contribution < -0.4 is 0 Å². The van der Waals surface area contributed by atoms with E-state index in [2.05, 4.69) is 19.9 Å². The molecule has 0 bridgehead atoms. The second-order valence-electron chi connectivity index (χ2n) is 7.02. The van der Waals surface area contributed by atoms with E-state index >= 15 is 0 Å². The van der Waals surface area contributed by atoms with Gasteiger partial charge in [-0.2, -0.15) is 0 Å². The fourth-order valence-electron chi connectivity index (χ4n) is 4.77. The number of aliphatic hydroxyl groups is 1. The van der Waals surface area contributed by atoms with Crippen LogP contribution in [0.3, 0.4) is 0 Å². The van der Waals surface area contributed by atoms with Crippen molar-refractivity contribution in [2.45, 2.75) is 51.4 Å². The molecular formula is C17H24O2. The minimum Gasteiger partial charge on any atom is -0.508 e. The van der Waals surface area contributed by atoms with Crippen molar-refractivity contribution >= 4 is 0 Å². The molecule has 2 aliphatic carbocycles. The number of fused-ring (bicyclic) bond motifs is 3. The number of phenols is 1. The smallest absolute Gasteiger partial charge is 0.115 e. The SMILES string of the molecule is CC1(CO)CCCC2(C)c3cc(O)ccc3CCC12. The van der Waals surface area contributed by atoms with Crippen LogP contribution in [0.25, 0.3) is 0 Å². The summed E-state index contributed by atoms with van der Waals surface area (Å²) >= 11 is 0. The van der Waals surface area contributed by atoms with Gasteiger partial charge in [0.25, 0.3) is 0 Å². The van der Waals surface area contributed by atoms with Crippen LogP contribution in [0.2, 0.25) is 0 Å². The molecule has 3 atom stereocenters. The first-order valence-electron chi connectivity index (χ1n) is 7.43. The molecule has 1 aromatic rings. The van der Waals surface area contributed by atoms with E-state index in [1.807, 2.05) is 6.07 Å². The van der Waals surface area contributed by atoms with Crippen molar-refractivity contribution in [3.63, 3.8) is 0 Å². The fourth-order valence-corrected chi connectivity index (χ4v) is 4.77. The number of aromatic hydroxyl groups is 1. The molecule has 0 spiro atoms. The third-order valence-electron chi connectivity index (χ3n) is 5.83. The molecule has 1 aromatic carbocycles. The van der Waals surface area contributed by atoms with Gasteiger partial charge < -0.3 is 10.2 Å². The Labute approximate surface area is 115 Å². The van der Waals surface area contributed by atoms with Gasteiger partial charge >= 0.3 is 0 Å². The lowest BCUT2D eigenvalue weighted by molar-refractivity contribution is -0.0179. The molecule has 2 aliphatic rings. The molecule has 3 rings (SSSR count). The summed E-state index contributed by atoms with van der Waals surface area (Å²) in [5.41, 5.74) is 2.86. The Balaban J connectivity index is 2.11. The van der Waals surface area contributed by atoms with Crippen LogP contribution in [0.1, 0.15) is 50.7 Å². The molecule has 2 N–H and O–H groups in total. The summed E-state index contributed by atoms with van der Waals surface area (Å²) in [6.07, 6.45) is 5.69. The first kappa shape index (κ1) is 13.0. The average Bonchev–Trinajstić information content (AvgIpc) is 2.39. The molecule has 104 valence electrons. The maximum atomic E-state index is 9.86. The van der Waals surface area contributed by atoms with Crippen molar-refractivity contribution in [1.29, 1.82) is 0 Å². The summed E-state index contributed by atoms with van der Waals surface area (Å²) in [7, 11) is 0. The van der Waals surface area contributed by atoms with Crippen molar-refractivity contribution in [3.05, 3.63) is 29.3 Å². The standard InChI is InChI=1S/C17H24O2/c1-16(11-18)8-3-9-17(2)14-10-13(19)6-4-12(14)5-7-15(16)17/h4,6,10,15,18-19H,3,5,7-9,11H2,1-2H3. The van der Waals surface area contributed by atoms with Crippen LogP contribution in [0.5, 0.6) is 5.75 Å². The number of benzene rings is 1. The largest absolute Gasteiger partial charge is 0.508 e. The summed E-state index contributed by atoms with van der Waals surface area (Å²) in [6, 6.07) is 5.85. The highest BCUT2D eigenvalue weighted by Crippen LogP contribution is 2.57. The van der Waals surface area contributed by atoms with Gasteiger partial charge in [0.1, 0.15) is 5.75 Å².